The summed E-state index contributed by atoms with van der Waals surface area (Å²) in [5, 5.41) is 14.7. The molecule has 0 radical (unpaired) electrons. The minimum atomic E-state index is 0.537. The third-order valence-electron chi connectivity index (χ3n) is 5.31. The normalized spacial score (nSPS) is 22.6. The standard InChI is InChI=1S/C18H33N7/c1-2-19-18(20-10-5-6-11-24-14-21-22-15-24)23-16-9-12-25(13-16)17-7-3-4-8-17/h14-17H,2-13H2,1H3,(H2,19,20,23). The molecule has 1 atom stereocenters. The van der Waals surface area contributed by atoms with Crippen molar-refractivity contribution >= 4 is 5.96 Å². The summed E-state index contributed by atoms with van der Waals surface area (Å²) in [5.41, 5.74) is 0. The fraction of sp³-hybridized carbons (Fsp3) is 0.833. The zero-order valence-corrected chi connectivity index (χ0v) is 15.5. The molecule has 2 heterocycles. The Balaban J connectivity index is 1.38. The van der Waals surface area contributed by atoms with Gasteiger partial charge in [-0.15, -0.1) is 10.2 Å². The molecule has 1 saturated carbocycles. The van der Waals surface area contributed by atoms with Crippen LogP contribution in [0.3, 0.4) is 0 Å². The molecule has 1 aliphatic heterocycles. The Bertz CT molecular complexity index is 508. The molecule has 0 spiro atoms. The molecule has 1 aromatic rings. The summed E-state index contributed by atoms with van der Waals surface area (Å²) >= 11 is 0. The average molecular weight is 348 g/mol. The van der Waals surface area contributed by atoms with Gasteiger partial charge >= 0.3 is 0 Å². The second-order valence-electron chi connectivity index (χ2n) is 7.23. The second kappa shape index (κ2) is 9.75. The van der Waals surface area contributed by atoms with Crippen LogP contribution in [0, 0.1) is 0 Å². The molecule has 1 unspecified atom stereocenters. The molecule has 2 fully saturated rings. The lowest BCUT2D eigenvalue weighted by atomic mass is 10.2. The van der Waals surface area contributed by atoms with Crippen molar-refractivity contribution in [1.82, 2.24) is 30.3 Å². The van der Waals surface area contributed by atoms with E-state index in [9.17, 15) is 0 Å². The van der Waals surface area contributed by atoms with Crippen molar-refractivity contribution in [3.8, 4) is 0 Å². The maximum Gasteiger partial charge on any atom is 0.191 e. The van der Waals surface area contributed by atoms with Gasteiger partial charge in [-0.25, -0.2) is 0 Å². The number of nitrogens with one attached hydrogen (secondary N) is 2. The number of hydrogen-bond acceptors (Lipinski definition) is 4. The summed E-state index contributed by atoms with van der Waals surface area (Å²) in [7, 11) is 0. The van der Waals surface area contributed by atoms with Crippen LogP contribution in [0.5, 0.6) is 0 Å². The molecule has 0 bridgehead atoms. The Labute approximate surface area is 151 Å². The van der Waals surface area contributed by atoms with Crippen LogP contribution in [0.2, 0.25) is 0 Å². The zero-order valence-electron chi connectivity index (χ0n) is 15.5. The van der Waals surface area contributed by atoms with E-state index in [0.717, 1.165) is 44.5 Å². The Hall–Kier alpha value is -1.63. The number of guanidine groups is 1. The zero-order chi connectivity index (χ0) is 17.3. The van der Waals surface area contributed by atoms with Gasteiger partial charge in [0.1, 0.15) is 12.7 Å². The summed E-state index contributed by atoms with van der Waals surface area (Å²) in [4.78, 5) is 7.44. The Morgan fingerprint density at radius 1 is 1.16 bits per heavy atom. The van der Waals surface area contributed by atoms with E-state index in [4.69, 9.17) is 4.99 Å². The van der Waals surface area contributed by atoms with Gasteiger partial charge < -0.3 is 15.2 Å². The number of aryl methyl sites for hydroxylation is 1. The molecule has 7 nitrogen and oxygen atoms in total. The predicted octanol–water partition coefficient (Wildman–Crippen LogP) is 1.63. The van der Waals surface area contributed by atoms with E-state index in [0.29, 0.717) is 6.04 Å². The molecule has 25 heavy (non-hydrogen) atoms. The molecule has 7 heteroatoms. The van der Waals surface area contributed by atoms with Crippen LogP contribution in [0.1, 0.15) is 51.9 Å². The van der Waals surface area contributed by atoms with Gasteiger partial charge in [0.15, 0.2) is 5.96 Å². The summed E-state index contributed by atoms with van der Waals surface area (Å²) in [5.74, 6) is 0.977. The van der Waals surface area contributed by atoms with Crippen LogP contribution in [0.4, 0.5) is 0 Å². The van der Waals surface area contributed by atoms with Crippen LogP contribution in [-0.2, 0) is 6.54 Å². The van der Waals surface area contributed by atoms with Gasteiger partial charge in [-0.2, -0.15) is 0 Å². The van der Waals surface area contributed by atoms with Gasteiger partial charge in [0.2, 0.25) is 0 Å². The van der Waals surface area contributed by atoms with Crippen molar-refractivity contribution in [3.63, 3.8) is 0 Å². The van der Waals surface area contributed by atoms with Crippen molar-refractivity contribution < 1.29 is 0 Å². The fourth-order valence-corrected chi connectivity index (χ4v) is 3.95. The Morgan fingerprint density at radius 2 is 1.96 bits per heavy atom. The van der Waals surface area contributed by atoms with E-state index in [1.165, 1.54) is 45.2 Å². The van der Waals surface area contributed by atoms with E-state index in [1.54, 1.807) is 12.7 Å². The highest BCUT2D eigenvalue weighted by atomic mass is 15.3. The van der Waals surface area contributed by atoms with Gasteiger partial charge in [0.05, 0.1) is 0 Å². The van der Waals surface area contributed by atoms with Gasteiger partial charge in [0, 0.05) is 44.8 Å². The molecule has 2 aliphatic rings. The number of nitrogens with zero attached hydrogens (tertiary/aromatic N) is 5. The Kier molecular flexibility index (Phi) is 7.09. The first-order valence-electron chi connectivity index (χ1n) is 9.96. The molecular weight excluding hydrogens is 314 g/mol. The molecule has 3 rings (SSSR count). The van der Waals surface area contributed by atoms with Gasteiger partial charge in [-0.3, -0.25) is 9.89 Å². The molecule has 2 N–H and O–H groups in total. The number of aliphatic imine (C=N–C) groups is 1. The first-order valence-corrected chi connectivity index (χ1v) is 9.96. The van der Waals surface area contributed by atoms with Crippen LogP contribution in [0.25, 0.3) is 0 Å². The predicted molar refractivity (Wildman–Crippen MR) is 101 cm³/mol. The smallest absolute Gasteiger partial charge is 0.191 e. The van der Waals surface area contributed by atoms with E-state index in [1.807, 2.05) is 4.57 Å². The van der Waals surface area contributed by atoms with E-state index in [2.05, 4.69) is 32.7 Å². The molecule has 1 aliphatic carbocycles. The summed E-state index contributed by atoms with van der Waals surface area (Å²) in [6.45, 7) is 7.26. The van der Waals surface area contributed by atoms with Crippen molar-refractivity contribution in [1.29, 1.82) is 0 Å². The van der Waals surface area contributed by atoms with Crippen LogP contribution in [0.15, 0.2) is 17.6 Å². The quantitative estimate of drug-likeness (QED) is 0.425. The Morgan fingerprint density at radius 3 is 2.72 bits per heavy atom. The maximum atomic E-state index is 4.75. The highest BCUT2D eigenvalue weighted by molar-refractivity contribution is 5.80. The topological polar surface area (TPSA) is 70.4 Å². The highest BCUT2D eigenvalue weighted by Crippen LogP contribution is 2.26. The van der Waals surface area contributed by atoms with Gasteiger partial charge in [-0.05, 0) is 39.0 Å². The lowest BCUT2D eigenvalue weighted by Crippen LogP contribution is -2.45. The van der Waals surface area contributed by atoms with Gasteiger partial charge in [-0.1, -0.05) is 12.8 Å². The first-order chi connectivity index (χ1) is 12.3. The minimum Gasteiger partial charge on any atom is -0.357 e. The van der Waals surface area contributed by atoms with Crippen LogP contribution >= 0.6 is 0 Å². The average Bonchev–Trinajstić information content (AvgIpc) is 3.37. The second-order valence-corrected chi connectivity index (χ2v) is 7.23. The molecule has 140 valence electrons. The molecule has 0 aromatic carbocycles. The molecule has 0 amide bonds. The number of aromatic nitrogens is 3. The van der Waals surface area contributed by atoms with Crippen molar-refractivity contribution in [2.24, 2.45) is 4.99 Å². The lowest BCUT2D eigenvalue weighted by molar-refractivity contribution is 0.242. The van der Waals surface area contributed by atoms with Gasteiger partial charge in [0.25, 0.3) is 0 Å². The number of hydrogen-bond donors (Lipinski definition) is 2. The van der Waals surface area contributed by atoms with Crippen molar-refractivity contribution in [3.05, 3.63) is 12.7 Å². The highest BCUT2D eigenvalue weighted by Gasteiger charge is 2.30. The third-order valence-corrected chi connectivity index (χ3v) is 5.31. The third kappa shape index (κ3) is 5.70. The number of rotatable bonds is 8. The van der Waals surface area contributed by atoms with E-state index < -0.39 is 0 Å². The van der Waals surface area contributed by atoms with Crippen LogP contribution in [-0.4, -0.2) is 63.9 Å². The lowest BCUT2D eigenvalue weighted by Gasteiger charge is -2.24. The number of likely N-dealkylation sites (tertiary alicyclic amines) is 1. The fourth-order valence-electron chi connectivity index (χ4n) is 3.95. The monoisotopic (exact) mass is 347 g/mol. The SMILES string of the molecule is CCNC(=NCCCCn1cnnc1)NC1CCN(C2CCCC2)C1. The van der Waals surface area contributed by atoms with E-state index in [-0.39, 0.29) is 0 Å². The maximum absolute atomic E-state index is 4.75. The molecular formula is C18H33N7. The van der Waals surface area contributed by atoms with Crippen molar-refractivity contribution in [2.45, 2.75) is 70.5 Å². The summed E-state index contributed by atoms with van der Waals surface area (Å²) in [6.07, 6.45) is 12.6. The largest absolute Gasteiger partial charge is 0.357 e. The first kappa shape index (κ1) is 18.2. The molecule has 1 aromatic heterocycles. The summed E-state index contributed by atoms with van der Waals surface area (Å²) in [6, 6.07) is 1.37. The minimum absolute atomic E-state index is 0.537. The van der Waals surface area contributed by atoms with Crippen molar-refractivity contribution in [2.75, 3.05) is 26.2 Å². The summed E-state index contributed by atoms with van der Waals surface area (Å²) < 4.78 is 2.02. The number of unbranched alkanes of at least 4 members (excludes halogenated alkanes) is 1. The van der Waals surface area contributed by atoms with E-state index >= 15 is 0 Å². The molecule has 1 saturated heterocycles. The van der Waals surface area contributed by atoms with Crippen LogP contribution < -0.4 is 10.6 Å².